The molecule has 0 saturated heterocycles. The van der Waals surface area contributed by atoms with Crippen molar-refractivity contribution in [2.75, 3.05) is 14.2 Å². The van der Waals surface area contributed by atoms with Crippen molar-refractivity contribution in [1.82, 2.24) is 5.06 Å². The number of carbonyl (C=O) groups excluding carboxylic acids is 1. The van der Waals surface area contributed by atoms with Crippen LogP contribution >= 0.6 is 0 Å². The van der Waals surface area contributed by atoms with E-state index in [1.165, 1.54) is 12.2 Å². The van der Waals surface area contributed by atoms with Gasteiger partial charge < -0.3 is 9.57 Å². The van der Waals surface area contributed by atoms with Crippen molar-refractivity contribution < 1.29 is 14.4 Å². The predicted molar refractivity (Wildman–Crippen MR) is 90.1 cm³/mol. The number of likely N-dealkylation sites (N-methyl/N-ethyl adjacent to an activating group) is 1. The van der Waals surface area contributed by atoms with Gasteiger partial charge in [-0.2, -0.15) is 5.06 Å². The van der Waals surface area contributed by atoms with E-state index in [-0.39, 0.29) is 5.91 Å². The van der Waals surface area contributed by atoms with E-state index in [9.17, 15) is 4.79 Å². The van der Waals surface area contributed by atoms with Crippen molar-refractivity contribution in [1.29, 1.82) is 0 Å². The largest absolute Gasteiger partial charge is 0.377 e. The number of carbonyl (C=O) groups is 1. The summed E-state index contributed by atoms with van der Waals surface area (Å²) in [5.41, 5.74) is 1.72. The van der Waals surface area contributed by atoms with Crippen LogP contribution in [0.2, 0.25) is 0 Å². The zero-order chi connectivity index (χ0) is 17.0. The SMILES string of the molecule is COC(C)(C(=O)N(C)Oc1cc(C)ccc1C)c1ccccc1. The summed E-state index contributed by atoms with van der Waals surface area (Å²) in [5.74, 6) is 0.388. The molecule has 0 spiro atoms. The van der Waals surface area contributed by atoms with Gasteiger partial charge in [0.1, 0.15) is 0 Å². The Morgan fingerprint density at radius 3 is 2.35 bits per heavy atom. The summed E-state index contributed by atoms with van der Waals surface area (Å²) >= 11 is 0. The molecular formula is C19H23NO3. The Kier molecular flexibility index (Phi) is 5.06. The van der Waals surface area contributed by atoms with Gasteiger partial charge in [0, 0.05) is 14.2 Å². The summed E-state index contributed by atoms with van der Waals surface area (Å²) in [6.07, 6.45) is 0. The third-order valence-electron chi connectivity index (χ3n) is 4.01. The second-order valence-corrected chi connectivity index (χ2v) is 5.77. The molecule has 4 heteroatoms. The Morgan fingerprint density at radius 2 is 1.74 bits per heavy atom. The van der Waals surface area contributed by atoms with E-state index in [2.05, 4.69) is 0 Å². The second-order valence-electron chi connectivity index (χ2n) is 5.77. The number of benzene rings is 2. The Hall–Kier alpha value is -2.33. The number of ether oxygens (including phenoxy) is 1. The van der Waals surface area contributed by atoms with Crippen molar-refractivity contribution in [3.63, 3.8) is 0 Å². The van der Waals surface area contributed by atoms with Crippen LogP contribution in [0.1, 0.15) is 23.6 Å². The van der Waals surface area contributed by atoms with Crippen molar-refractivity contribution >= 4 is 5.91 Å². The Morgan fingerprint density at radius 1 is 1.09 bits per heavy atom. The highest BCUT2D eigenvalue weighted by molar-refractivity contribution is 5.85. The Balaban J connectivity index is 2.25. The maximum absolute atomic E-state index is 12.9. The van der Waals surface area contributed by atoms with E-state index in [0.717, 1.165) is 16.7 Å². The Bertz CT molecular complexity index is 684. The van der Waals surface area contributed by atoms with Crippen LogP contribution in [0.4, 0.5) is 0 Å². The Labute approximate surface area is 137 Å². The maximum atomic E-state index is 12.9. The summed E-state index contributed by atoms with van der Waals surface area (Å²) in [4.78, 5) is 18.6. The van der Waals surface area contributed by atoms with Gasteiger partial charge >= 0.3 is 0 Å². The summed E-state index contributed by atoms with van der Waals surface area (Å²) < 4.78 is 5.53. The second kappa shape index (κ2) is 6.84. The quantitative estimate of drug-likeness (QED) is 0.791. The van der Waals surface area contributed by atoms with Crippen molar-refractivity contribution in [2.24, 2.45) is 0 Å². The first kappa shape index (κ1) is 17.0. The van der Waals surface area contributed by atoms with Crippen molar-refractivity contribution in [3.05, 3.63) is 65.2 Å². The van der Waals surface area contributed by atoms with Gasteiger partial charge in [-0.05, 0) is 43.5 Å². The summed E-state index contributed by atoms with van der Waals surface area (Å²) in [5, 5.41) is 1.23. The molecule has 0 aliphatic carbocycles. The number of rotatable bonds is 5. The molecule has 0 heterocycles. The van der Waals surface area contributed by atoms with Gasteiger partial charge in [0.15, 0.2) is 11.4 Å². The van der Waals surface area contributed by atoms with Crippen LogP contribution in [0.25, 0.3) is 0 Å². The van der Waals surface area contributed by atoms with Crippen LogP contribution < -0.4 is 4.84 Å². The minimum atomic E-state index is -1.10. The highest BCUT2D eigenvalue weighted by atomic mass is 16.7. The van der Waals surface area contributed by atoms with E-state index in [1.54, 1.807) is 14.0 Å². The lowest BCUT2D eigenvalue weighted by Gasteiger charge is -2.31. The molecule has 0 aliphatic heterocycles. The van der Waals surface area contributed by atoms with Gasteiger partial charge in [-0.3, -0.25) is 4.79 Å². The first-order chi connectivity index (χ1) is 10.9. The molecule has 1 amide bonds. The molecule has 0 saturated carbocycles. The molecular weight excluding hydrogens is 290 g/mol. The fraction of sp³-hybridized carbons (Fsp3) is 0.316. The first-order valence-corrected chi connectivity index (χ1v) is 7.52. The minimum absolute atomic E-state index is 0.271. The standard InChI is InChI=1S/C19H23NO3/c1-14-11-12-15(2)17(13-14)23-20(4)18(21)19(3,22-5)16-9-7-6-8-10-16/h6-13H,1-5H3. The van der Waals surface area contributed by atoms with E-state index < -0.39 is 5.60 Å². The maximum Gasteiger partial charge on any atom is 0.291 e. The molecule has 0 aliphatic rings. The molecule has 4 nitrogen and oxygen atoms in total. The fourth-order valence-electron chi connectivity index (χ4n) is 2.38. The number of hydroxylamine groups is 2. The van der Waals surface area contributed by atoms with Crippen LogP contribution in [-0.4, -0.2) is 25.1 Å². The highest BCUT2D eigenvalue weighted by Gasteiger charge is 2.38. The molecule has 0 N–H and O–H groups in total. The van der Waals surface area contributed by atoms with Gasteiger partial charge in [0.05, 0.1) is 0 Å². The fourth-order valence-corrected chi connectivity index (χ4v) is 2.38. The van der Waals surface area contributed by atoms with Crippen LogP contribution in [0, 0.1) is 13.8 Å². The highest BCUT2D eigenvalue weighted by Crippen LogP contribution is 2.28. The third-order valence-corrected chi connectivity index (χ3v) is 4.01. The van der Waals surface area contributed by atoms with Crippen molar-refractivity contribution in [3.8, 4) is 5.75 Å². The summed E-state index contributed by atoms with van der Waals surface area (Å²) in [7, 11) is 3.13. The first-order valence-electron chi connectivity index (χ1n) is 7.52. The number of amides is 1. The lowest BCUT2D eigenvalue weighted by molar-refractivity contribution is -0.176. The molecule has 0 bridgehead atoms. The molecule has 0 fully saturated rings. The van der Waals surface area contributed by atoms with Gasteiger partial charge in [0.25, 0.3) is 5.91 Å². The van der Waals surface area contributed by atoms with Crippen LogP contribution in [0.3, 0.4) is 0 Å². The number of aryl methyl sites for hydroxylation is 2. The molecule has 0 radical (unpaired) electrons. The van der Waals surface area contributed by atoms with Crippen molar-refractivity contribution in [2.45, 2.75) is 26.4 Å². The lowest BCUT2D eigenvalue weighted by atomic mass is 9.95. The molecule has 1 atom stereocenters. The summed E-state index contributed by atoms with van der Waals surface area (Å²) in [6.45, 7) is 5.67. The summed E-state index contributed by atoms with van der Waals surface area (Å²) in [6, 6.07) is 15.3. The van der Waals surface area contributed by atoms with E-state index in [4.69, 9.17) is 9.57 Å². The average Bonchev–Trinajstić information content (AvgIpc) is 2.57. The third kappa shape index (κ3) is 3.54. The minimum Gasteiger partial charge on any atom is -0.377 e. The van der Waals surface area contributed by atoms with Crippen LogP contribution in [0.5, 0.6) is 5.75 Å². The molecule has 122 valence electrons. The number of hydrogen-bond acceptors (Lipinski definition) is 3. The molecule has 2 aromatic carbocycles. The van der Waals surface area contributed by atoms with Crippen LogP contribution in [0.15, 0.2) is 48.5 Å². The molecule has 1 unspecified atom stereocenters. The normalized spacial score (nSPS) is 13.3. The zero-order valence-corrected chi connectivity index (χ0v) is 14.3. The monoisotopic (exact) mass is 313 g/mol. The molecule has 0 aromatic heterocycles. The predicted octanol–water partition coefficient (Wildman–Crippen LogP) is 3.62. The number of hydrogen-bond donors (Lipinski definition) is 0. The molecule has 2 aromatic rings. The van der Waals surface area contributed by atoms with Gasteiger partial charge in [-0.25, -0.2) is 0 Å². The molecule has 2 rings (SSSR count). The van der Waals surface area contributed by atoms with E-state index >= 15 is 0 Å². The lowest BCUT2D eigenvalue weighted by Crippen LogP contribution is -2.46. The van der Waals surface area contributed by atoms with Gasteiger partial charge in [0.2, 0.25) is 0 Å². The van der Waals surface area contributed by atoms with Crippen LogP contribution in [-0.2, 0) is 15.1 Å². The average molecular weight is 313 g/mol. The van der Waals surface area contributed by atoms with Gasteiger partial charge in [-0.1, -0.05) is 42.5 Å². The number of methoxy groups -OCH3 is 1. The van der Waals surface area contributed by atoms with E-state index in [0.29, 0.717) is 5.75 Å². The van der Waals surface area contributed by atoms with Gasteiger partial charge in [-0.15, -0.1) is 0 Å². The topological polar surface area (TPSA) is 38.8 Å². The smallest absolute Gasteiger partial charge is 0.291 e. The van der Waals surface area contributed by atoms with E-state index in [1.807, 2.05) is 62.4 Å². The number of nitrogens with zero attached hydrogens (tertiary/aromatic N) is 1. The zero-order valence-electron chi connectivity index (χ0n) is 14.3. The molecule has 23 heavy (non-hydrogen) atoms.